The Morgan fingerprint density at radius 1 is 1.31 bits per heavy atom. The first kappa shape index (κ1) is 8.87. The number of hydrogen-bond donors (Lipinski definition) is 1. The third-order valence-corrected chi connectivity index (χ3v) is 3.59. The van der Waals surface area contributed by atoms with Gasteiger partial charge in [-0.25, -0.2) is 5.01 Å². The highest BCUT2D eigenvalue weighted by Gasteiger charge is 2.17. The second-order valence-corrected chi connectivity index (χ2v) is 4.08. The van der Waals surface area contributed by atoms with Crippen LogP contribution in [0.5, 0.6) is 0 Å². The van der Waals surface area contributed by atoms with Gasteiger partial charge in [-0.05, 0) is 10.6 Å². The molecule has 1 aromatic carbocycles. The fourth-order valence-electron chi connectivity index (χ4n) is 1.17. The van der Waals surface area contributed by atoms with Crippen LogP contribution in [0.2, 0.25) is 0 Å². The predicted molar refractivity (Wildman–Crippen MR) is 58.0 cm³/mol. The number of nitrogens with zero attached hydrogens (tertiary/aromatic N) is 1. The van der Waals surface area contributed by atoms with E-state index in [-0.39, 0.29) is 0 Å². The number of benzene rings is 1. The van der Waals surface area contributed by atoms with E-state index in [2.05, 4.69) is 12.1 Å². The summed E-state index contributed by atoms with van der Waals surface area (Å²) in [6.45, 7) is 0. The zero-order valence-electron chi connectivity index (χ0n) is 7.23. The normalized spacial score (nSPS) is 16.8. The van der Waals surface area contributed by atoms with Crippen molar-refractivity contribution in [3.63, 3.8) is 0 Å². The molecule has 1 aliphatic rings. The van der Waals surface area contributed by atoms with Crippen molar-refractivity contribution in [1.29, 1.82) is 0 Å². The molecule has 0 amide bonds. The van der Waals surface area contributed by atoms with Gasteiger partial charge in [0.1, 0.15) is 11.9 Å². The van der Waals surface area contributed by atoms with E-state index in [4.69, 9.17) is 12.6 Å². The van der Waals surface area contributed by atoms with Gasteiger partial charge in [-0.15, -0.1) is 0 Å². The molecule has 1 aromatic rings. The van der Waals surface area contributed by atoms with Gasteiger partial charge in [0.25, 0.3) is 0 Å². The highest BCUT2D eigenvalue weighted by molar-refractivity contribution is 8.03. The van der Waals surface area contributed by atoms with E-state index in [9.17, 15) is 0 Å². The molecule has 0 aromatic heterocycles. The van der Waals surface area contributed by atoms with Crippen LogP contribution in [0.25, 0.3) is 4.91 Å². The van der Waals surface area contributed by atoms with Gasteiger partial charge in [0.15, 0.2) is 0 Å². The Labute approximate surface area is 87.5 Å². The van der Waals surface area contributed by atoms with Crippen LogP contribution in [-0.4, -0.2) is 12.1 Å². The minimum absolute atomic E-state index is 0.913. The van der Waals surface area contributed by atoms with Crippen LogP contribution >= 0.6 is 11.9 Å². The predicted octanol–water partition coefficient (Wildman–Crippen LogP) is 0.932. The summed E-state index contributed by atoms with van der Waals surface area (Å²) in [7, 11) is 1.98. The van der Waals surface area contributed by atoms with Crippen molar-refractivity contribution in [2.24, 2.45) is 0 Å². The highest BCUT2D eigenvalue weighted by atomic mass is 32.2. The molecule has 0 atom stereocenters. The highest BCUT2D eigenvalue weighted by Crippen LogP contribution is 2.29. The van der Waals surface area contributed by atoms with E-state index in [0.717, 1.165) is 5.03 Å². The van der Waals surface area contributed by atoms with Gasteiger partial charge < -0.3 is 12.6 Å². The molecule has 2 rings (SSSR count). The van der Waals surface area contributed by atoms with Gasteiger partial charge >= 0.3 is 0 Å². The van der Waals surface area contributed by atoms with E-state index < -0.39 is 0 Å². The lowest BCUT2D eigenvalue weighted by Crippen LogP contribution is -2.82. The lowest BCUT2D eigenvalue weighted by atomic mass is 10.2. The third kappa shape index (κ3) is 1.65. The first-order valence-electron chi connectivity index (χ1n) is 3.98. The smallest absolute Gasteiger partial charge is 0.136 e. The van der Waals surface area contributed by atoms with Crippen LogP contribution in [0.4, 0.5) is 0 Å². The molecule has 0 radical (unpaired) electrons. The van der Waals surface area contributed by atoms with Crippen molar-refractivity contribution in [2.45, 2.75) is 0 Å². The Morgan fingerprint density at radius 2 is 2.00 bits per heavy atom. The Kier molecular flexibility index (Phi) is 2.44. The van der Waals surface area contributed by atoms with Crippen LogP contribution in [-0.2, 0) is 12.6 Å². The zero-order valence-corrected chi connectivity index (χ0v) is 8.86. The van der Waals surface area contributed by atoms with Gasteiger partial charge in [-0.2, -0.15) is 4.83 Å². The summed E-state index contributed by atoms with van der Waals surface area (Å²) < 4.78 is 0. The van der Waals surface area contributed by atoms with Crippen molar-refractivity contribution in [3.8, 4) is 0 Å². The Balaban J connectivity index is 2.38. The van der Waals surface area contributed by atoms with Gasteiger partial charge in [-0.1, -0.05) is 30.3 Å². The first-order valence-corrected chi connectivity index (χ1v) is 5.27. The van der Waals surface area contributed by atoms with E-state index >= 15 is 0 Å². The third-order valence-electron chi connectivity index (χ3n) is 1.88. The quantitative estimate of drug-likeness (QED) is 0.423. The van der Waals surface area contributed by atoms with Gasteiger partial charge in [0, 0.05) is 0 Å². The maximum atomic E-state index is 5.28. The number of hydrogen-bond acceptors (Lipinski definition) is 3. The van der Waals surface area contributed by atoms with E-state index in [1.807, 2.05) is 35.1 Å². The van der Waals surface area contributed by atoms with Crippen molar-refractivity contribution in [3.05, 3.63) is 40.9 Å². The number of rotatable bonds is 1. The van der Waals surface area contributed by atoms with Crippen LogP contribution < -0.4 is 4.83 Å². The molecule has 1 heterocycles. The van der Waals surface area contributed by atoms with E-state index in [1.54, 1.807) is 11.9 Å². The maximum absolute atomic E-state index is 5.28. The Hall–Kier alpha value is -0.710. The standard InChI is InChI=1S/C9H10N2S2/c1-11-9(12)8(13-10-11)7-5-3-2-4-6-7/h2-6,10,12H,1H3. The number of nitrogens with two attached hydrogens (primary N) is 1. The molecular formula is C9H10N2S2. The second kappa shape index (κ2) is 3.57. The molecule has 0 unspecified atom stereocenters. The lowest BCUT2D eigenvalue weighted by molar-refractivity contribution is -0.638. The molecule has 13 heavy (non-hydrogen) atoms. The van der Waals surface area contributed by atoms with E-state index in [0.29, 0.717) is 0 Å². The lowest BCUT2D eigenvalue weighted by Gasteiger charge is -2.15. The SMILES string of the molecule is CN1[NH2+]SC(c2ccccc2)=C1[S-]. The average molecular weight is 210 g/mol. The summed E-state index contributed by atoms with van der Waals surface area (Å²) in [4.78, 5) is 3.21. The van der Waals surface area contributed by atoms with Gasteiger partial charge in [0.05, 0.1) is 12.0 Å². The van der Waals surface area contributed by atoms with Crippen LogP contribution in [0.1, 0.15) is 5.56 Å². The van der Waals surface area contributed by atoms with Crippen LogP contribution in [0.15, 0.2) is 35.4 Å². The molecule has 68 valence electrons. The van der Waals surface area contributed by atoms with E-state index in [1.165, 1.54) is 10.5 Å². The summed E-state index contributed by atoms with van der Waals surface area (Å²) in [5.41, 5.74) is 1.21. The van der Waals surface area contributed by atoms with Gasteiger partial charge in [0.2, 0.25) is 0 Å². The van der Waals surface area contributed by atoms with Crippen molar-refractivity contribution >= 4 is 29.5 Å². The summed E-state index contributed by atoms with van der Waals surface area (Å²) >= 11 is 6.97. The van der Waals surface area contributed by atoms with Crippen LogP contribution in [0, 0.1) is 0 Å². The first-order chi connectivity index (χ1) is 6.29. The molecule has 1 aliphatic heterocycles. The molecule has 0 fully saturated rings. The molecule has 0 saturated carbocycles. The molecule has 0 saturated heterocycles. The topological polar surface area (TPSA) is 19.9 Å². The van der Waals surface area contributed by atoms with Crippen molar-refractivity contribution < 1.29 is 4.83 Å². The molecule has 0 aliphatic carbocycles. The van der Waals surface area contributed by atoms with Crippen molar-refractivity contribution in [2.75, 3.05) is 7.05 Å². The number of quaternary nitrogens is 1. The zero-order chi connectivity index (χ0) is 9.26. The Morgan fingerprint density at radius 3 is 2.54 bits per heavy atom. The minimum Gasteiger partial charge on any atom is -0.756 e. The summed E-state index contributed by atoms with van der Waals surface area (Å²) in [6.07, 6.45) is 0. The average Bonchev–Trinajstić information content (AvgIpc) is 2.49. The molecule has 4 heteroatoms. The molecule has 2 N–H and O–H groups in total. The maximum Gasteiger partial charge on any atom is 0.136 e. The fourth-order valence-corrected chi connectivity index (χ4v) is 2.44. The molecular weight excluding hydrogens is 200 g/mol. The van der Waals surface area contributed by atoms with Crippen molar-refractivity contribution in [1.82, 2.24) is 5.01 Å². The van der Waals surface area contributed by atoms with Crippen LogP contribution in [0.3, 0.4) is 0 Å². The fraction of sp³-hybridized carbons (Fsp3) is 0.111. The molecule has 0 bridgehead atoms. The monoisotopic (exact) mass is 210 g/mol. The molecule has 2 nitrogen and oxygen atoms in total. The summed E-state index contributed by atoms with van der Waals surface area (Å²) in [5, 5.41) is 2.89. The van der Waals surface area contributed by atoms with Gasteiger partial charge in [-0.3, -0.25) is 0 Å². The summed E-state index contributed by atoms with van der Waals surface area (Å²) in [5.74, 6) is 0. The minimum atomic E-state index is 0.913. The Bertz CT molecular complexity index is 335. The summed E-state index contributed by atoms with van der Waals surface area (Å²) in [6, 6.07) is 10.2. The molecule has 0 spiro atoms. The largest absolute Gasteiger partial charge is 0.756 e. The second-order valence-electron chi connectivity index (χ2n) is 2.83.